The van der Waals surface area contributed by atoms with E-state index >= 15 is 0 Å². The molecule has 3 aromatic rings. The molecule has 0 aliphatic heterocycles. The van der Waals surface area contributed by atoms with Crippen molar-refractivity contribution in [1.82, 2.24) is 20.1 Å². The van der Waals surface area contributed by atoms with Crippen LogP contribution in [0, 0.1) is 20.8 Å². The van der Waals surface area contributed by atoms with Gasteiger partial charge in [-0.25, -0.2) is 4.98 Å². The molecule has 0 aliphatic rings. The lowest BCUT2D eigenvalue weighted by molar-refractivity contribution is -0.121. The van der Waals surface area contributed by atoms with E-state index in [-0.39, 0.29) is 5.91 Å². The number of carbonyl (C=O) groups is 1. The fourth-order valence-corrected chi connectivity index (χ4v) is 2.79. The van der Waals surface area contributed by atoms with E-state index in [0.717, 1.165) is 28.9 Å². The fourth-order valence-electron chi connectivity index (χ4n) is 2.79. The summed E-state index contributed by atoms with van der Waals surface area (Å²) >= 11 is 0. The molecule has 1 aromatic carbocycles. The minimum absolute atomic E-state index is 0.0442. The Balaban J connectivity index is 1.39. The van der Waals surface area contributed by atoms with Crippen molar-refractivity contribution in [3.8, 4) is 0 Å². The molecule has 2 aromatic heterocycles. The van der Waals surface area contributed by atoms with Gasteiger partial charge in [0.1, 0.15) is 5.52 Å². The first-order chi connectivity index (χ1) is 12.0. The number of para-hydroxylation sites is 2. The van der Waals surface area contributed by atoms with E-state index in [2.05, 4.69) is 22.3 Å². The van der Waals surface area contributed by atoms with Crippen LogP contribution in [0.25, 0.3) is 11.1 Å². The highest BCUT2D eigenvalue weighted by Gasteiger charge is 2.09. The number of hydrogen-bond donors (Lipinski definition) is 1. The summed E-state index contributed by atoms with van der Waals surface area (Å²) in [4.78, 5) is 16.4. The van der Waals surface area contributed by atoms with Gasteiger partial charge in [0.15, 0.2) is 11.5 Å². The number of carbonyl (C=O) groups excluding carboxylic acids is 1. The van der Waals surface area contributed by atoms with Gasteiger partial charge < -0.3 is 9.73 Å². The molecule has 132 valence electrons. The molecule has 6 nitrogen and oxygen atoms in total. The quantitative estimate of drug-likeness (QED) is 0.671. The van der Waals surface area contributed by atoms with E-state index in [1.807, 2.05) is 42.8 Å². The van der Waals surface area contributed by atoms with Crippen LogP contribution in [0.1, 0.15) is 35.7 Å². The summed E-state index contributed by atoms with van der Waals surface area (Å²) < 4.78 is 7.58. The number of oxazole rings is 1. The second kappa shape index (κ2) is 7.51. The van der Waals surface area contributed by atoms with Gasteiger partial charge in [0.05, 0.1) is 5.69 Å². The number of aryl methyl sites for hydroxylation is 3. The Hall–Kier alpha value is -2.63. The molecular formula is C19H24N4O2. The maximum absolute atomic E-state index is 12.0. The molecule has 0 aliphatic carbocycles. The van der Waals surface area contributed by atoms with Crippen LogP contribution in [0.15, 0.2) is 28.7 Å². The van der Waals surface area contributed by atoms with Crippen molar-refractivity contribution in [2.24, 2.45) is 0 Å². The zero-order valence-corrected chi connectivity index (χ0v) is 15.0. The first kappa shape index (κ1) is 17.2. The molecule has 2 heterocycles. The van der Waals surface area contributed by atoms with Gasteiger partial charge >= 0.3 is 0 Å². The molecule has 0 bridgehead atoms. The van der Waals surface area contributed by atoms with E-state index in [1.165, 1.54) is 5.56 Å². The average molecular weight is 340 g/mol. The van der Waals surface area contributed by atoms with Crippen LogP contribution < -0.4 is 5.32 Å². The highest BCUT2D eigenvalue weighted by atomic mass is 16.3. The van der Waals surface area contributed by atoms with Crippen molar-refractivity contribution < 1.29 is 9.21 Å². The van der Waals surface area contributed by atoms with Gasteiger partial charge in [-0.05, 0) is 44.9 Å². The molecule has 0 fully saturated rings. The molecule has 1 N–H and O–H groups in total. The van der Waals surface area contributed by atoms with E-state index in [1.54, 1.807) is 0 Å². The Morgan fingerprint density at radius 2 is 2.04 bits per heavy atom. The molecular weight excluding hydrogens is 316 g/mol. The van der Waals surface area contributed by atoms with Crippen molar-refractivity contribution in [2.75, 3.05) is 6.54 Å². The maximum Gasteiger partial charge on any atom is 0.221 e. The molecule has 0 saturated heterocycles. The Morgan fingerprint density at radius 1 is 1.24 bits per heavy atom. The highest BCUT2D eigenvalue weighted by Crippen LogP contribution is 2.15. The number of amides is 1. The zero-order valence-electron chi connectivity index (χ0n) is 15.0. The number of hydrogen-bond acceptors (Lipinski definition) is 4. The molecule has 0 unspecified atom stereocenters. The zero-order chi connectivity index (χ0) is 17.8. The summed E-state index contributed by atoms with van der Waals surface area (Å²) in [6.45, 7) is 7.31. The summed E-state index contributed by atoms with van der Waals surface area (Å²) in [6.07, 6.45) is 1.95. The lowest BCUT2D eigenvalue weighted by Gasteiger charge is -2.06. The van der Waals surface area contributed by atoms with Crippen molar-refractivity contribution >= 4 is 17.0 Å². The summed E-state index contributed by atoms with van der Waals surface area (Å²) in [5.41, 5.74) is 5.03. The predicted octanol–water partition coefficient (Wildman–Crippen LogP) is 3.09. The van der Waals surface area contributed by atoms with Gasteiger partial charge in [-0.3, -0.25) is 9.48 Å². The first-order valence-corrected chi connectivity index (χ1v) is 8.66. The van der Waals surface area contributed by atoms with Crippen LogP contribution in [0.3, 0.4) is 0 Å². The topological polar surface area (TPSA) is 73.0 Å². The summed E-state index contributed by atoms with van der Waals surface area (Å²) in [6, 6.07) is 7.72. The van der Waals surface area contributed by atoms with Crippen LogP contribution in [0.4, 0.5) is 0 Å². The van der Waals surface area contributed by atoms with Crippen LogP contribution in [-0.4, -0.2) is 27.2 Å². The molecule has 3 rings (SSSR count). The van der Waals surface area contributed by atoms with Crippen molar-refractivity contribution in [1.29, 1.82) is 0 Å². The van der Waals surface area contributed by atoms with Gasteiger partial charge in [-0.1, -0.05) is 12.1 Å². The van der Waals surface area contributed by atoms with Gasteiger partial charge in [0, 0.05) is 31.6 Å². The van der Waals surface area contributed by atoms with Gasteiger partial charge in [-0.2, -0.15) is 5.10 Å². The number of fused-ring (bicyclic) bond motifs is 1. The minimum atomic E-state index is 0.0442. The lowest BCUT2D eigenvalue weighted by Crippen LogP contribution is -2.26. The third-order valence-corrected chi connectivity index (χ3v) is 4.52. The largest absolute Gasteiger partial charge is 0.441 e. The predicted molar refractivity (Wildman–Crippen MR) is 96.4 cm³/mol. The van der Waals surface area contributed by atoms with Crippen LogP contribution >= 0.6 is 0 Å². The summed E-state index contributed by atoms with van der Waals surface area (Å²) in [5, 5.41) is 7.40. The Bertz CT molecular complexity index is 846. The van der Waals surface area contributed by atoms with Crippen LogP contribution in [-0.2, 0) is 17.8 Å². The third kappa shape index (κ3) is 4.07. The third-order valence-electron chi connectivity index (χ3n) is 4.52. The minimum Gasteiger partial charge on any atom is -0.441 e. The smallest absolute Gasteiger partial charge is 0.221 e. The summed E-state index contributed by atoms with van der Waals surface area (Å²) in [5.74, 6) is 0.760. The number of nitrogens with zero attached hydrogens (tertiary/aromatic N) is 3. The van der Waals surface area contributed by atoms with Gasteiger partial charge in [-0.15, -0.1) is 0 Å². The van der Waals surface area contributed by atoms with Crippen LogP contribution in [0.2, 0.25) is 0 Å². The molecule has 0 radical (unpaired) electrons. The molecule has 25 heavy (non-hydrogen) atoms. The second-order valence-corrected chi connectivity index (χ2v) is 6.30. The van der Waals surface area contributed by atoms with E-state index in [0.29, 0.717) is 31.8 Å². The SMILES string of the molecule is Cc1nn(CCC(=O)NCCCc2nc3ccccc3o2)c(C)c1C. The lowest BCUT2D eigenvalue weighted by atomic mass is 10.2. The fraction of sp³-hybridized carbons (Fsp3) is 0.421. The van der Waals surface area contributed by atoms with E-state index in [9.17, 15) is 4.79 Å². The second-order valence-electron chi connectivity index (χ2n) is 6.30. The van der Waals surface area contributed by atoms with E-state index in [4.69, 9.17) is 4.42 Å². The number of benzene rings is 1. The Morgan fingerprint density at radius 3 is 2.76 bits per heavy atom. The van der Waals surface area contributed by atoms with Gasteiger partial charge in [0.2, 0.25) is 5.91 Å². The Labute approximate surface area is 147 Å². The highest BCUT2D eigenvalue weighted by molar-refractivity contribution is 5.75. The maximum atomic E-state index is 12.0. The van der Waals surface area contributed by atoms with Crippen LogP contribution in [0.5, 0.6) is 0 Å². The van der Waals surface area contributed by atoms with Gasteiger partial charge in [0.25, 0.3) is 0 Å². The molecule has 0 atom stereocenters. The number of nitrogens with one attached hydrogen (secondary N) is 1. The van der Waals surface area contributed by atoms with Crippen molar-refractivity contribution in [3.05, 3.63) is 47.1 Å². The number of rotatable bonds is 7. The molecule has 0 spiro atoms. The van der Waals surface area contributed by atoms with E-state index < -0.39 is 0 Å². The average Bonchev–Trinajstić information content (AvgIpc) is 3.13. The summed E-state index contributed by atoms with van der Waals surface area (Å²) in [7, 11) is 0. The monoisotopic (exact) mass is 340 g/mol. The molecule has 1 amide bonds. The van der Waals surface area contributed by atoms with Crippen molar-refractivity contribution in [3.63, 3.8) is 0 Å². The standard InChI is InChI=1S/C19H24N4O2/c1-13-14(2)22-23(15(13)3)12-10-18(24)20-11-6-9-19-21-16-7-4-5-8-17(16)25-19/h4-5,7-8H,6,9-12H2,1-3H3,(H,20,24). The molecule has 0 saturated carbocycles. The number of aromatic nitrogens is 3. The van der Waals surface area contributed by atoms with Crippen molar-refractivity contribution in [2.45, 2.75) is 46.6 Å². The first-order valence-electron chi connectivity index (χ1n) is 8.66. The molecule has 6 heteroatoms. The Kier molecular flexibility index (Phi) is 5.16. The normalized spacial score (nSPS) is 11.2.